The van der Waals surface area contributed by atoms with E-state index in [1.165, 1.54) is 0 Å². The molecule has 130 valence electrons. The highest BCUT2D eigenvalue weighted by molar-refractivity contribution is 5.75. The number of hydrogen-bond acceptors (Lipinski definition) is 5. The Bertz CT molecular complexity index is 787. The predicted octanol–water partition coefficient (Wildman–Crippen LogP) is 2.45. The van der Waals surface area contributed by atoms with Crippen LogP contribution < -0.4 is 10.2 Å². The van der Waals surface area contributed by atoms with Gasteiger partial charge in [0.2, 0.25) is 0 Å². The van der Waals surface area contributed by atoms with E-state index < -0.39 is 0 Å². The molecular formula is C18H21N5O2. The van der Waals surface area contributed by atoms with E-state index in [-0.39, 0.29) is 12.1 Å². The van der Waals surface area contributed by atoms with Crippen LogP contribution in [0.5, 0.6) is 0 Å². The topological polar surface area (TPSA) is 85.4 Å². The van der Waals surface area contributed by atoms with E-state index in [0.717, 1.165) is 11.5 Å². The third-order valence-corrected chi connectivity index (χ3v) is 4.30. The van der Waals surface area contributed by atoms with E-state index >= 15 is 0 Å². The summed E-state index contributed by atoms with van der Waals surface area (Å²) in [5.41, 5.74) is 0.558. The maximum Gasteiger partial charge on any atom is 0.318 e. The number of furan rings is 1. The first-order valence-electron chi connectivity index (χ1n) is 8.30. The first-order chi connectivity index (χ1) is 12.1. The average Bonchev–Trinajstić information content (AvgIpc) is 3.08. The summed E-state index contributed by atoms with van der Waals surface area (Å²) in [6.07, 6.45) is 1.68. The average molecular weight is 339 g/mol. The summed E-state index contributed by atoms with van der Waals surface area (Å²) in [6, 6.07) is 9.15. The molecule has 0 spiro atoms. The van der Waals surface area contributed by atoms with E-state index in [1.54, 1.807) is 23.2 Å². The normalized spacial score (nSPS) is 15.6. The van der Waals surface area contributed by atoms with E-state index in [2.05, 4.69) is 16.4 Å². The van der Waals surface area contributed by atoms with Gasteiger partial charge in [0.05, 0.1) is 11.6 Å². The Morgan fingerprint density at radius 2 is 2.08 bits per heavy atom. The van der Waals surface area contributed by atoms with Crippen molar-refractivity contribution >= 4 is 11.8 Å². The molecule has 0 aromatic carbocycles. The van der Waals surface area contributed by atoms with Gasteiger partial charge in [-0.1, -0.05) is 0 Å². The highest BCUT2D eigenvalue weighted by Gasteiger charge is 2.24. The lowest BCUT2D eigenvalue weighted by atomic mass is 10.2. The molecule has 1 unspecified atom stereocenters. The molecule has 3 heterocycles. The zero-order valence-electron chi connectivity index (χ0n) is 14.4. The predicted molar refractivity (Wildman–Crippen MR) is 93.1 cm³/mol. The molecule has 1 aliphatic rings. The molecule has 0 aliphatic carbocycles. The Labute approximate surface area is 146 Å². The Balaban J connectivity index is 1.57. The van der Waals surface area contributed by atoms with Crippen molar-refractivity contribution in [3.63, 3.8) is 0 Å². The molecule has 7 nitrogen and oxygen atoms in total. The number of nitrogens with zero attached hydrogens (tertiary/aromatic N) is 4. The standard InChI is InChI=1S/C18H21N5O2/c1-13-5-6-16(25-13)14(2)21-18(24)23-10-8-22(9-11-23)17-15(12-19)4-3-7-20-17/h3-7,14H,8-11H2,1-2H3,(H,21,24). The Kier molecular flexibility index (Phi) is 4.89. The second-order valence-electron chi connectivity index (χ2n) is 6.08. The number of urea groups is 1. The number of piperazine rings is 1. The third kappa shape index (κ3) is 3.74. The van der Waals surface area contributed by atoms with Gasteiger partial charge in [0, 0.05) is 32.4 Å². The zero-order chi connectivity index (χ0) is 17.8. The maximum absolute atomic E-state index is 12.4. The number of rotatable bonds is 3. The number of hydrogen-bond donors (Lipinski definition) is 1. The van der Waals surface area contributed by atoms with Crippen molar-refractivity contribution in [1.29, 1.82) is 5.26 Å². The minimum Gasteiger partial charge on any atom is -0.464 e. The number of carbonyl (C=O) groups is 1. The van der Waals surface area contributed by atoms with Crippen molar-refractivity contribution in [2.45, 2.75) is 19.9 Å². The van der Waals surface area contributed by atoms with Crippen LogP contribution in [0.2, 0.25) is 0 Å². The van der Waals surface area contributed by atoms with Crippen molar-refractivity contribution in [2.75, 3.05) is 31.1 Å². The van der Waals surface area contributed by atoms with Gasteiger partial charge < -0.3 is 19.5 Å². The highest BCUT2D eigenvalue weighted by Crippen LogP contribution is 2.19. The fourth-order valence-corrected chi connectivity index (χ4v) is 2.89. The fourth-order valence-electron chi connectivity index (χ4n) is 2.89. The maximum atomic E-state index is 12.4. The molecule has 25 heavy (non-hydrogen) atoms. The van der Waals surface area contributed by atoms with Crippen LogP contribution in [0.1, 0.15) is 30.0 Å². The molecule has 0 bridgehead atoms. The molecule has 0 saturated carbocycles. The van der Waals surface area contributed by atoms with E-state index in [0.29, 0.717) is 37.6 Å². The summed E-state index contributed by atoms with van der Waals surface area (Å²) in [5, 5.41) is 12.2. The molecule has 1 fully saturated rings. The Morgan fingerprint density at radius 3 is 2.72 bits per heavy atom. The molecule has 1 aliphatic heterocycles. The molecule has 2 aromatic heterocycles. The van der Waals surface area contributed by atoms with Crippen LogP contribution >= 0.6 is 0 Å². The van der Waals surface area contributed by atoms with Crippen LogP contribution in [-0.4, -0.2) is 42.1 Å². The first kappa shape index (κ1) is 16.8. The molecule has 1 saturated heterocycles. The van der Waals surface area contributed by atoms with Gasteiger partial charge in [0.1, 0.15) is 23.4 Å². The number of anilines is 1. The van der Waals surface area contributed by atoms with Crippen LogP contribution in [-0.2, 0) is 0 Å². The monoisotopic (exact) mass is 339 g/mol. The van der Waals surface area contributed by atoms with Gasteiger partial charge in [-0.25, -0.2) is 9.78 Å². The zero-order valence-corrected chi connectivity index (χ0v) is 14.4. The SMILES string of the molecule is Cc1ccc(C(C)NC(=O)N2CCN(c3ncccc3C#N)CC2)o1. The first-order valence-corrected chi connectivity index (χ1v) is 8.30. The molecule has 0 radical (unpaired) electrons. The van der Waals surface area contributed by atoms with Gasteiger partial charge in [-0.05, 0) is 38.1 Å². The van der Waals surface area contributed by atoms with Crippen molar-refractivity contribution in [3.05, 3.63) is 47.5 Å². The smallest absolute Gasteiger partial charge is 0.318 e. The van der Waals surface area contributed by atoms with Gasteiger partial charge in [-0.3, -0.25) is 0 Å². The largest absolute Gasteiger partial charge is 0.464 e. The number of aryl methyl sites for hydroxylation is 1. The lowest BCUT2D eigenvalue weighted by Crippen LogP contribution is -2.52. The second-order valence-corrected chi connectivity index (χ2v) is 6.08. The van der Waals surface area contributed by atoms with Crippen LogP contribution in [0.3, 0.4) is 0 Å². The third-order valence-electron chi connectivity index (χ3n) is 4.30. The number of nitrogens with one attached hydrogen (secondary N) is 1. The van der Waals surface area contributed by atoms with Crippen molar-refractivity contribution in [2.24, 2.45) is 0 Å². The Hall–Kier alpha value is -3.01. The molecule has 1 atom stereocenters. The Morgan fingerprint density at radius 1 is 1.32 bits per heavy atom. The minimum atomic E-state index is -0.180. The summed E-state index contributed by atoms with van der Waals surface area (Å²) in [5.74, 6) is 2.26. The fraction of sp³-hybridized carbons (Fsp3) is 0.389. The number of carbonyl (C=O) groups excluding carboxylic acids is 1. The summed E-state index contributed by atoms with van der Waals surface area (Å²) in [6.45, 7) is 6.24. The van der Waals surface area contributed by atoms with Gasteiger partial charge in [0.25, 0.3) is 0 Å². The molecule has 2 amide bonds. The summed E-state index contributed by atoms with van der Waals surface area (Å²) in [7, 11) is 0. The van der Waals surface area contributed by atoms with Crippen LogP contribution in [0.25, 0.3) is 0 Å². The van der Waals surface area contributed by atoms with Gasteiger partial charge >= 0.3 is 6.03 Å². The highest BCUT2D eigenvalue weighted by atomic mass is 16.3. The number of amides is 2. The second kappa shape index (κ2) is 7.26. The van der Waals surface area contributed by atoms with Crippen molar-refractivity contribution in [1.82, 2.24) is 15.2 Å². The van der Waals surface area contributed by atoms with Gasteiger partial charge in [-0.2, -0.15) is 5.26 Å². The lowest BCUT2D eigenvalue weighted by Gasteiger charge is -2.36. The summed E-state index contributed by atoms with van der Waals surface area (Å²) in [4.78, 5) is 20.6. The number of nitriles is 1. The summed E-state index contributed by atoms with van der Waals surface area (Å²) < 4.78 is 5.55. The van der Waals surface area contributed by atoms with E-state index in [9.17, 15) is 10.1 Å². The van der Waals surface area contributed by atoms with Crippen LogP contribution in [0.15, 0.2) is 34.9 Å². The molecule has 3 rings (SSSR count). The molecule has 1 N–H and O–H groups in total. The van der Waals surface area contributed by atoms with E-state index in [4.69, 9.17) is 4.42 Å². The minimum absolute atomic E-state index is 0.109. The number of aromatic nitrogens is 1. The van der Waals surface area contributed by atoms with Gasteiger partial charge in [-0.15, -0.1) is 0 Å². The lowest BCUT2D eigenvalue weighted by molar-refractivity contribution is 0.189. The van der Waals surface area contributed by atoms with Crippen molar-refractivity contribution < 1.29 is 9.21 Å². The summed E-state index contributed by atoms with van der Waals surface area (Å²) >= 11 is 0. The van der Waals surface area contributed by atoms with E-state index in [1.807, 2.05) is 30.9 Å². The molecule has 7 heteroatoms. The quantitative estimate of drug-likeness (QED) is 0.928. The number of pyridine rings is 1. The van der Waals surface area contributed by atoms with Crippen molar-refractivity contribution in [3.8, 4) is 6.07 Å². The van der Waals surface area contributed by atoms with Crippen LogP contribution in [0.4, 0.5) is 10.6 Å². The molecular weight excluding hydrogens is 318 g/mol. The molecule has 2 aromatic rings. The van der Waals surface area contributed by atoms with Gasteiger partial charge in [0.15, 0.2) is 0 Å². The van der Waals surface area contributed by atoms with Crippen LogP contribution in [0, 0.1) is 18.3 Å².